The summed E-state index contributed by atoms with van der Waals surface area (Å²) in [6.45, 7) is 11.6. The molecule has 0 N–H and O–H groups in total. The highest BCUT2D eigenvalue weighted by Crippen LogP contribution is 2.31. The quantitative estimate of drug-likeness (QED) is 0.838. The number of benzene rings is 1. The molecule has 0 aliphatic carbocycles. The first-order chi connectivity index (χ1) is 9.14. The maximum Gasteiger partial charge on any atom is 0.243 e. The molecule has 2 rings (SSSR count). The van der Waals surface area contributed by atoms with E-state index < -0.39 is 10.0 Å². The second-order valence-corrected chi connectivity index (χ2v) is 8.68. The molecule has 20 heavy (non-hydrogen) atoms. The van der Waals surface area contributed by atoms with Crippen molar-refractivity contribution in [1.29, 1.82) is 0 Å². The predicted octanol–water partition coefficient (Wildman–Crippen LogP) is 3.39. The van der Waals surface area contributed by atoms with Gasteiger partial charge in [0.15, 0.2) is 0 Å². The van der Waals surface area contributed by atoms with Crippen LogP contribution in [0.1, 0.15) is 50.3 Å². The largest absolute Gasteiger partial charge is 0.243 e. The highest BCUT2D eigenvalue weighted by molar-refractivity contribution is 7.89. The predicted molar refractivity (Wildman–Crippen MR) is 82.6 cm³/mol. The Morgan fingerprint density at radius 1 is 1.00 bits per heavy atom. The zero-order valence-electron chi connectivity index (χ0n) is 13.2. The Morgan fingerprint density at radius 3 is 1.85 bits per heavy atom. The molecule has 1 aliphatic heterocycles. The van der Waals surface area contributed by atoms with Crippen LogP contribution in [0.4, 0.5) is 0 Å². The van der Waals surface area contributed by atoms with Gasteiger partial charge >= 0.3 is 0 Å². The maximum atomic E-state index is 12.8. The molecule has 0 atom stereocenters. The zero-order chi connectivity index (χ0) is 15.1. The monoisotopic (exact) mass is 295 g/mol. The van der Waals surface area contributed by atoms with Gasteiger partial charge in [-0.3, -0.25) is 0 Å². The van der Waals surface area contributed by atoms with Gasteiger partial charge in [-0.05, 0) is 48.8 Å². The smallest absolute Gasteiger partial charge is 0.207 e. The summed E-state index contributed by atoms with van der Waals surface area (Å²) in [6.07, 6.45) is 1.94. The van der Waals surface area contributed by atoms with Crippen molar-refractivity contribution < 1.29 is 8.42 Å². The van der Waals surface area contributed by atoms with E-state index in [1.54, 1.807) is 4.31 Å². The van der Waals surface area contributed by atoms with Gasteiger partial charge in [-0.25, -0.2) is 8.42 Å². The van der Waals surface area contributed by atoms with E-state index >= 15 is 0 Å². The van der Waals surface area contributed by atoms with Gasteiger partial charge < -0.3 is 0 Å². The van der Waals surface area contributed by atoms with Crippen molar-refractivity contribution in [1.82, 2.24) is 4.31 Å². The van der Waals surface area contributed by atoms with Crippen LogP contribution >= 0.6 is 0 Å². The van der Waals surface area contributed by atoms with Gasteiger partial charge in [0.05, 0.1) is 4.90 Å². The lowest BCUT2D eigenvalue weighted by Crippen LogP contribution is -2.29. The molecule has 3 nitrogen and oxygen atoms in total. The zero-order valence-corrected chi connectivity index (χ0v) is 14.0. The van der Waals surface area contributed by atoms with Crippen molar-refractivity contribution >= 4 is 10.0 Å². The summed E-state index contributed by atoms with van der Waals surface area (Å²) in [4.78, 5) is 0.507. The summed E-state index contributed by atoms with van der Waals surface area (Å²) < 4.78 is 27.2. The van der Waals surface area contributed by atoms with E-state index in [9.17, 15) is 8.42 Å². The van der Waals surface area contributed by atoms with E-state index in [1.807, 2.05) is 26.0 Å². The van der Waals surface area contributed by atoms with Crippen LogP contribution in [0.3, 0.4) is 0 Å². The highest BCUT2D eigenvalue weighted by atomic mass is 32.2. The number of hydrogen-bond donors (Lipinski definition) is 0. The summed E-state index contributed by atoms with van der Waals surface area (Å²) in [7, 11) is -3.33. The third-order valence-electron chi connectivity index (χ3n) is 3.99. The van der Waals surface area contributed by atoms with Crippen LogP contribution in [0.2, 0.25) is 0 Å². The van der Waals surface area contributed by atoms with Gasteiger partial charge in [-0.15, -0.1) is 0 Å². The summed E-state index contributed by atoms with van der Waals surface area (Å²) in [5.74, 6) is 0. The second-order valence-electron chi connectivity index (χ2n) is 6.80. The summed E-state index contributed by atoms with van der Waals surface area (Å²) >= 11 is 0. The van der Waals surface area contributed by atoms with Crippen LogP contribution in [0.5, 0.6) is 0 Å². The molecule has 0 radical (unpaired) electrons. The van der Waals surface area contributed by atoms with Crippen LogP contribution in [-0.4, -0.2) is 25.8 Å². The molecule has 0 bridgehead atoms. The van der Waals surface area contributed by atoms with Crippen LogP contribution < -0.4 is 0 Å². The summed E-state index contributed by atoms with van der Waals surface area (Å²) in [6, 6.07) is 4.05. The number of sulfonamides is 1. The van der Waals surface area contributed by atoms with E-state index in [2.05, 4.69) is 20.8 Å². The normalized spacial score (nSPS) is 17.6. The van der Waals surface area contributed by atoms with E-state index in [1.165, 1.54) is 5.56 Å². The molecular formula is C16H25NO2S. The lowest BCUT2D eigenvalue weighted by Gasteiger charge is -2.24. The molecule has 112 valence electrons. The molecule has 4 heteroatoms. The molecule has 0 amide bonds. The third kappa shape index (κ3) is 2.77. The number of aryl methyl sites for hydroxylation is 2. The van der Waals surface area contributed by atoms with Crippen LogP contribution in [-0.2, 0) is 15.4 Å². The van der Waals surface area contributed by atoms with E-state index in [4.69, 9.17) is 0 Å². The fourth-order valence-corrected chi connectivity index (χ4v) is 4.78. The Balaban J connectivity index is 2.53. The Hall–Kier alpha value is -0.870. The van der Waals surface area contributed by atoms with Crippen molar-refractivity contribution in [3.63, 3.8) is 0 Å². The number of nitrogens with zero attached hydrogens (tertiary/aromatic N) is 1. The van der Waals surface area contributed by atoms with Crippen LogP contribution in [0.15, 0.2) is 17.0 Å². The minimum atomic E-state index is -3.33. The molecule has 1 fully saturated rings. The average Bonchev–Trinajstić information content (AvgIpc) is 2.79. The number of rotatable bonds is 2. The molecular weight excluding hydrogens is 270 g/mol. The van der Waals surface area contributed by atoms with Crippen molar-refractivity contribution in [2.75, 3.05) is 13.1 Å². The SMILES string of the molecule is Cc1cc(C(C)(C)C)cc(C)c1S(=O)(=O)N1CCCC1. The van der Waals surface area contributed by atoms with Crippen LogP contribution in [0, 0.1) is 13.8 Å². The van der Waals surface area contributed by atoms with Crippen molar-refractivity contribution in [3.8, 4) is 0 Å². The number of hydrogen-bond acceptors (Lipinski definition) is 2. The first-order valence-corrected chi connectivity index (χ1v) is 8.70. The fraction of sp³-hybridized carbons (Fsp3) is 0.625. The Morgan fingerprint density at radius 2 is 1.45 bits per heavy atom. The molecule has 0 aromatic heterocycles. The lowest BCUT2D eigenvalue weighted by atomic mass is 9.85. The van der Waals surface area contributed by atoms with E-state index in [-0.39, 0.29) is 5.41 Å². The Bertz CT molecular complexity index is 583. The van der Waals surface area contributed by atoms with Gasteiger partial charge in [0.1, 0.15) is 0 Å². The van der Waals surface area contributed by atoms with Gasteiger partial charge in [0.25, 0.3) is 0 Å². The molecule has 1 heterocycles. The minimum absolute atomic E-state index is 0.0332. The molecule has 1 saturated heterocycles. The summed E-state index contributed by atoms with van der Waals surface area (Å²) in [5, 5.41) is 0. The molecule has 1 aliphatic rings. The lowest BCUT2D eigenvalue weighted by molar-refractivity contribution is 0.476. The second kappa shape index (κ2) is 5.15. The molecule has 1 aromatic carbocycles. The molecule has 0 unspecified atom stereocenters. The fourth-order valence-electron chi connectivity index (χ4n) is 2.85. The summed E-state index contributed by atoms with van der Waals surface area (Å²) in [5.41, 5.74) is 2.95. The molecule has 1 aromatic rings. The highest BCUT2D eigenvalue weighted by Gasteiger charge is 2.30. The molecule has 0 saturated carbocycles. The average molecular weight is 295 g/mol. The Kier molecular flexibility index (Phi) is 4.00. The van der Waals surface area contributed by atoms with Crippen molar-refractivity contribution in [2.45, 2.75) is 57.8 Å². The van der Waals surface area contributed by atoms with Gasteiger partial charge in [0.2, 0.25) is 10.0 Å². The van der Waals surface area contributed by atoms with Crippen molar-refractivity contribution in [2.24, 2.45) is 0 Å². The molecule has 0 spiro atoms. The first kappa shape index (κ1) is 15.5. The maximum absolute atomic E-state index is 12.8. The van der Waals surface area contributed by atoms with Gasteiger partial charge in [-0.2, -0.15) is 4.31 Å². The third-order valence-corrected chi connectivity index (χ3v) is 6.19. The topological polar surface area (TPSA) is 37.4 Å². The van der Waals surface area contributed by atoms with Crippen LogP contribution in [0.25, 0.3) is 0 Å². The standard InChI is InChI=1S/C16H25NO2S/c1-12-10-14(16(3,4)5)11-13(2)15(12)20(18,19)17-8-6-7-9-17/h10-11H,6-9H2,1-5H3. The van der Waals surface area contributed by atoms with Gasteiger partial charge in [-0.1, -0.05) is 32.9 Å². The van der Waals surface area contributed by atoms with E-state index in [0.29, 0.717) is 18.0 Å². The minimum Gasteiger partial charge on any atom is -0.207 e. The van der Waals surface area contributed by atoms with Crippen molar-refractivity contribution in [3.05, 3.63) is 28.8 Å². The first-order valence-electron chi connectivity index (χ1n) is 7.26. The van der Waals surface area contributed by atoms with E-state index in [0.717, 1.165) is 24.0 Å². The van der Waals surface area contributed by atoms with Gasteiger partial charge in [0, 0.05) is 13.1 Å². The Labute approximate surface area is 123 Å².